The highest BCUT2D eigenvalue weighted by molar-refractivity contribution is 7.92. The first-order chi connectivity index (χ1) is 15.1. The van der Waals surface area contributed by atoms with Gasteiger partial charge in [-0.15, -0.1) is 0 Å². The van der Waals surface area contributed by atoms with Crippen LogP contribution in [0.2, 0.25) is 0 Å². The molecule has 0 aliphatic carbocycles. The highest BCUT2D eigenvalue weighted by atomic mass is 32.2. The lowest BCUT2D eigenvalue weighted by Gasteiger charge is -2.31. The number of aryl methyl sites for hydroxylation is 2. The molecule has 1 amide bonds. The van der Waals surface area contributed by atoms with Gasteiger partial charge in [0.1, 0.15) is 0 Å². The monoisotopic (exact) mass is 432 g/mol. The molecule has 0 saturated carbocycles. The molecule has 0 saturated heterocycles. The summed E-state index contributed by atoms with van der Waals surface area (Å²) in [5, 5.41) is 0. The first kappa shape index (κ1) is 19.8. The first-order valence-corrected chi connectivity index (χ1v) is 12.1. The van der Waals surface area contributed by atoms with E-state index in [9.17, 15) is 13.2 Å². The van der Waals surface area contributed by atoms with Gasteiger partial charge < -0.3 is 4.90 Å². The summed E-state index contributed by atoms with van der Waals surface area (Å²) in [6.45, 7) is 1.13. The number of benzene rings is 3. The van der Waals surface area contributed by atoms with E-state index in [1.165, 1.54) is 9.87 Å². The highest BCUT2D eigenvalue weighted by Crippen LogP contribution is 2.32. The minimum absolute atomic E-state index is 0.0978. The smallest absolute Gasteiger partial charge is 0.264 e. The average Bonchev–Trinajstić information content (AvgIpc) is 2.83. The Morgan fingerprint density at radius 1 is 0.710 bits per heavy atom. The van der Waals surface area contributed by atoms with E-state index in [2.05, 4.69) is 6.07 Å². The van der Waals surface area contributed by atoms with Gasteiger partial charge in [0.2, 0.25) is 0 Å². The van der Waals surface area contributed by atoms with Crippen molar-refractivity contribution in [1.82, 2.24) is 0 Å². The summed E-state index contributed by atoms with van der Waals surface area (Å²) in [7, 11) is -3.68. The van der Waals surface area contributed by atoms with Gasteiger partial charge in [-0.1, -0.05) is 36.4 Å². The normalized spacial score (nSPS) is 15.9. The molecule has 0 bridgehead atoms. The summed E-state index contributed by atoms with van der Waals surface area (Å²) < 4.78 is 28.1. The molecule has 0 atom stereocenters. The number of carbonyl (C=O) groups is 1. The Morgan fingerprint density at radius 3 is 2.00 bits per heavy atom. The van der Waals surface area contributed by atoms with Crippen molar-refractivity contribution < 1.29 is 13.2 Å². The molecule has 5 rings (SSSR count). The lowest BCUT2D eigenvalue weighted by atomic mass is 10.0. The molecule has 158 valence electrons. The molecule has 3 aromatic rings. The van der Waals surface area contributed by atoms with Crippen molar-refractivity contribution in [3.05, 3.63) is 89.5 Å². The van der Waals surface area contributed by atoms with Crippen LogP contribution in [0.4, 0.5) is 11.4 Å². The summed E-state index contributed by atoms with van der Waals surface area (Å²) in [6, 6.07) is 22.0. The van der Waals surface area contributed by atoms with Gasteiger partial charge >= 0.3 is 0 Å². The van der Waals surface area contributed by atoms with E-state index in [4.69, 9.17) is 0 Å². The molecule has 0 fully saturated rings. The van der Waals surface area contributed by atoms with Gasteiger partial charge in [-0.3, -0.25) is 9.10 Å². The molecular weight excluding hydrogens is 408 g/mol. The van der Waals surface area contributed by atoms with E-state index >= 15 is 0 Å². The summed E-state index contributed by atoms with van der Waals surface area (Å²) in [4.78, 5) is 15.2. The van der Waals surface area contributed by atoms with E-state index in [0.717, 1.165) is 42.6 Å². The van der Waals surface area contributed by atoms with Gasteiger partial charge in [-0.05, 0) is 73.2 Å². The second kappa shape index (κ2) is 7.85. The molecule has 2 aliphatic heterocycles. The third kappa shape index (κ3) is 3.51. The maximum atomic E-state index is 13.3. The summed E-state index contributed by atoms with van der Waals surface area (Å²) in [6.07, 6.45) is 3.56. The Bertz CT molecular complexity index is 1240. The van der Waals surface area contributed by atoms with Crippen molar-refractivity contribution >= 4 is 27.3 Å². The number of carbonyl (C=O) groups excluding carboxylic acids is 1. The van der Waals surface area contributed by atoms with Gasteiger partial charge in [-0.2, -0.15) is 0 Å². The van der Waals surface area contributed by atoms with Crippen molar-refractivity contribution in [3.8, 4) is 0 Å². The van der Waals surface area contributed by atoms with Crippen LogP contribution in [0.25, 0.3) is 0 Å². The molecule has 5 nitrogen and oxygen atoms in total. The predicted molar refractivity (Wildman–Crippen MR) is 122 cm³/mol. The van der Waals surface area contributed by atoms with Crippen LogP contribution in [0.15, 0.2) is 77.7 Å². The fraction of sp³-hybridized carbons (Fsp3) is 0.240. The van der Waals surface area contributed by atoms with Crippen LogP contribution in [0, 0.1) is 0 Å². The van der Waals surface area contributed by atoms with Crippen molar-refractivity contribution in [1.29, 1.82) is 0 Å². The molecule has 2 aliphatic rings. The maximum absolute atomic E-state index is 13.3. The Morgan fingerprint density at radius 2 is 1.29 bits per heavy atom. The lowest BCUT2D eigenvalue weighted by molar-refractivity contribution is 0.0985. The number of rotatable bonds is 3. The number of para-hydroxylation sites is 2. The highest BCUT2D eigenvalue weighted by Gasteiger charge is 2.29. The predicted octanol–water partition coefficient (Wildman–Crippen LogP) is 4.42. The van der Waals surface area contributed by atoms with E-state index in [-0.39, 0.29) is 10.8 Å². The first-order valence-electron chi connectivity index (χ1n) is 10.7. The minimum atomic E-state index is -3.68. The van der Waals surface area contributed by atoms with Gasteiger partial charge in [0.05, 0.1) is 10.6 Å². The number of nitrogens with zero attached hydrogens (tertiary/aromatic N) is 2. The summed E-state index contributed by atoms with van der Waals surface area (Å²) in [5.74, 6) is -0.0978. The van der Waals surface area contributed by atoms with E-state index in [1.807, 2.05) is 42.5 Å². The van der Waals surface area contributed by atoms with E-state index < -0.39 is 10.0 Å². The van der Waals surface area contributed by atoms with Crippen LogP contribution < -0.4 is 9.21 Å². The number of fused-ring (bicyclic) bond motifs is 2. The maximum Gasteiger partial charge on any atom is 0.264 e. The van der Waals surface area contributed by atoms with Gasteiger partial charge in [0, 0.05) is 24.3 Å². The van der Waals surface area contributed by atoms with Crippen molar-refractivity contribution in [2.75, 3.05) is 22.3 Å². The SMILES string of the molecule is O=C(c1ccc(S(=O)(=O)N2CCCc3ccccc32)cc1)N1CCCc2ccccc21. The molecule has 0 N–H and O–H groups in total. The Kier molecular flexibility index (Phi) is 5.02. The van der Waals surface area contributed by atoms with Crippen molar-refractivity contribution in [3.63, 3.8) is 0 Å². The fourth-order valence-electron chi connectivity index (χ4n) is 4.55. The van der Waals surface area contributed by atoms with E-state index in [1.54, 1.807) is 29.2 Å². The second-order valence-corrected chi connectivity index (χ2v) is 9.89. The van der Waals surface area contributed by atoms with E-state index in [0.29, 0.717) is 18.7 Å². The largest absolute Gasteiger partial charge is 0.308 e. The number of sulfonamides is 1. The molecule has 2 heterocycles. The zero-order valence-electron chi connectivity index (χ0n) is 17.2. The number of anilines is 2. The zero-order valence-corrected chi connectivity index (χ0v) is 18.0. The Labute approximate surface area is 183 Å². The molecule has 31 heavy (non-hydrogen) atoms. The summed E-state index contributed by atoms with van der Waals surface area (Å²) in [5.41, 5.74) is 4.41. The van der Waals surface area contributed by atoms with Crippen LogP contribution in [-0.4, -0.2) is 27.4 Å². The Hall–Kier alpha value is -3.12. The quantitative estimate of drug-likeness (QED) is 0.616. The molecular formula is C25H24N2O3S. The van der Waals surface area contributed by atoms with Crippen molar-refractivity contribution in [2.24, 2.45) is 0 Å². The third-order valence-corrected chi connectivity index (χ3v) is 7.94. The molecule has 0 unspecified atom stereocenters. The number of hydrogen-bond donors (Lipinski definition) is 0. The minimum Gasteiger partial charge on any atom is -0.308 e. The van der Waals surface area contributed by atoms with Crippen LogP contribution in [0.1, 0.15) is 34.3 Å². The summed E-state index contributed by atoms with van der Waals surface area (Å²) >= 11 is 0. The zero-order chi connectivity index (χ0) is 21.4. The van der Waals surface area contributed by atoms with Gasteiger partial charge in [-0.25, -0.2) is 8.42 Å². The third-order valence-electron chi connectivity index (χ3n) is 6.11. The van der Waals surface area contributed by atoms with Crippen LogP contribution in [0.3, 0.4) is 0 Å². The van der Waals surface area contributed by atoms with Crippen molar-refractivity contribution in [2.45, 2.75) is 30.6 Å². The standard InChI is InChI=1S/C25H24N2O3S/c28-25(26-17-5-9-19-7-1-3-11-23(19)26)21-13-15-22(16-14-21)31(29,30)27-18-6-10-20-8-2-4-12-24(20)27/h1-4,7-8,11-16H,5-6,9-10,17-18H2. The molecule has 0 aromatic heterocycles. The van der Waals surface area contributed by atoms with Crippen LogP contribution in [-0.2, 0) is 22.9 Å². The fourth-order valence-corrected chi connectivity index (χ4v) is 6.09. The second-order valence-electron chi connectivity index (χ2n) is 8.02. The molecule has 3 aromatic carbocycles. The van der Waals surface area contributed by atoms with Crippen LogP contribution >= 0.6 is 0 Å². The number of hydrogen-bond acceptors (Lipinski definition) is 3. The van der Waals surface area contributed by atoms with Crippen LogP contribution in [0.5, 0.6) is 0 Å². The molecule has 0 radical (unpaired) electrons. The average molecular weight is 433 g/mol. The number of amides is 1. The molecule has 6 heteroatoms. The van der Waals surface area contributed by atoms with Gasteiger partial charge in [0.15, 0.2) is 0 Å². The lowest BCUT2D eigenvalue weighted by Crippen LogP contribution is -2.36. The topological polar surface area (TPSA) is 57.7 Å². The Balaban J connectivity index is 1.43. The van der Waals surface area contributed by atoms with Gasteiger partial charge in [0.25, 0.3) is 15.9 Å². The molecule has 0 spiro atoms.